The number of nitrogens with zero attached hydrogens (tertiary/aromatic N) is 2. The Morgan fingerprint density at radius 2 is 1.95 bits per heavy atom. The van der Waals surface area contributed by atoms with Crippen molar-refractivity contribution in [2.24, 2.45) is 11.8 Å². The molecule has 1 spiro atoms. The third-order valence-corrected chi connectivity index (χ3v) is 11.6. The Morgan fingerprint density at radius 3 is 2.55 bits per heavy atom. The zero-order valence-electron chi connectivity index (χ0n) is 23.6. The molecule has 1 aromatic carbocycles. The van der Waals surface area contributed by atoms with Crippen molar-refractivity contribution in [3.8, 4) is 0 Å². The Hall–Kier alpha value is -2.10. The molecule has 3 saturated heterocycles. The van der Waals surface area contributed by atoms with Crippen molar-refractivity contribution < 1.29 is 24.2 Å². The number of carbonyl (C=O) groups is 3. The van der Waals surface area contributed by atoms with E-state index in [0.29, 0.717) is 13.0 Å². The summed E-state index contributed by atoms with van der Waals surface area (Å²) in [6.07, 6.45) is 6.54. The van der Waals surface area contributed by atoms with Gasteiger partial charge in [0.05, 0.1) is 35.8 Å². The number of hydrogen-bond donors (Lipinski definition) is 1. The minimum absolute atomic E-state index is 0.0538. The first-order valence-corrected chi connectivity index (χ1v) is 15.8. The summed E-state index contributed by atoms with van der Waals surface area (Å²) in [4.78, 5) is 46.0. The van der Waals surface area contributed by atoms with Crippen LogP contribution in [-0.2, 0) is 19.1 Å². The van der Waals surface area contributed by atoms with Crippen LogP contribution in [0.15, 0.2) is 55.6 Å². The van der Waals surface area contributed by atoms with E-state index in [4.69, 9.17) is 4.74 Å². The first-order valence-electron chi connectivity index (χ1n) is 14.0. The molecule has 0 aromatic heterocycles. The number of ether oxygens (including phenoxy) is 1. The van der Waals surface area contributed by atoms with Gasteiger partial charge in [0.15, 0.2) is 0 Å². The maximum absolute atomic E-state index is 14.6. The van der Waals surface area contributed by atoms with E-state index < -0.39 is 34.2 Å². The van der Waals surface area contributed by atoms with Gasteiger partial charge in [-0.3, -0.25) is 14.4 Å². The standard InChI is InChI=1S/C31H41BrN2O5S/c1-6-8-9-13-17-39-29(38)23-24-27(36)34(22(19-35)20-14-11-10-12-15-20)26(31(24)18-21(32)25(23)40-31)28(37)33(16-7-2)30(3,4)5/h6-7,10-12,14-15,21-26,35H,1-2,8-9,13,16-19H2,3-5H3/t21?,22-,23+,24+,25+,26?,31?/m1/s1. The van der Waals surface area contributed by atoms with Crippen molar-refractivity contribution in [3.05, 3.63) is 61.2 Å². The minimum Gasteiger partial charge on any atom is -0.465 e. The molecule has 1 N–H and O–H groups in total. The third-order valence-electron chi connectivity index (χ3n) is 8.36. The number of aliphatic hydroxyl groups excluding tert-OH is 1. The van der Waals surface area contributed by atoms with Crippen molar-refractivity contribution in [1.82, 2.24) is 9.80 Å². The molecule has 2 bridgehead atoms. The lowest BCUT2D eigenvalue weighted by atomic mass is 9.71. The average Bonchev–Trinajstić information content (AvgIpc) is 3.51. The van der Waals surface area contributed by atoms with Gasteiger partial charge in [0.1, 0.15) is 6.04 Å². The smallest absolute Gasteiger partial charge is 0.310 e. The summed E-state index contributed by atoms with van der Waals surface area (Å²) in [6.45, 7) is 13.7. The number of alkyl halides is 1. The van der Waals surface area contributed by atoms with Gasteiger partial charge >= 0.3 is 5.97 Å². The van der Waals surface area contributed by atoms with E-state index in [1.807, 2.05) is 57.2 Å². The second-order valence-corrected chi connectivity index (χ2v) is 14.6. The van der Waals surface area contributed by atoms with Gasteiger partial charge in [-0.1, -0.05) is 58.4 Å². The van der Waals surface area contributed by atoms with Crippen LogP contribution in [-0.4, -0.2) is 78.9 Å². The fourth-order valence-corrected chi connectivity index (χ4v) is 10.2. The monoisotopic (exact) mass is 632 g/mol. The second-order valence-electron chi connectivity index (χ2n) is 11.9. The molecule has 3 aliphatic heterocycles. The fraction of sp³-hybridized carbons (Fsp3) is 0.581. The Kier molecular flexibility index (Phi) is 9.57. The number of esters is 1. The summed E-state index contributed by atoms with van der Waals surface area (Å²) < 4.78 is 4.91. The predicted molar refractivity (Wildman–Crippen MR) is 162 cm³/mol. The summed E-state index contributed by atoms with van der Waals surface area (Å²) in [5.41, 5.74) is 0.213. The Balaban J connectivity index is 1.78. The number of amides is 2. The molecular formula is C31H41BrN2O5S. The van der Waals surface area contributed by atoms with Crippen molar-refractivity contribution in [2.75, 3.05) is 19.8 Å². The SMILES string of the molecule is C=CCCCCOC(=O)[C@H]1[C@H]2C(=O)N([C@H](CO)c3ccccc3)C(C(=O)N(CC=C)C(C)(C)C)C23CC(Br)[C@@H]1S3. The highest BCUT2D eigenvalue weighted by Crippen LogP contribution is 2.68. The van der Waals surface area contributed by atoms with E-state index >= 15 is 0 Å². The number of benzene rings is 1. The van der Waals surface area contributed by atoms with Crippen LogP contribution < -0.4 is 0 Å². The number of rotatable bonds is 12. The van der Waals surface area contributed by atoms with Gasteiger partial charge < -0.3 is 19.6 Å². The third kappa shape index (κ3) is 5.41. The van der Waals surface area contributed by atoms with Gasteiger partial charge in [-0.25, -0.2) is 0 Å². The van der Waals surface area contributed by atoms with Crippen LogP contribution in [0.3, 0.4) is 0 Å². The van der Waals surface area contributed by atoms with Crippen LogP contribution in [0.4, 0.5) is 0 Å². The van der Waals surface area contributed by atoms with E-state index in [1.165, 1.54) is 0 Å². The summed E-state index contributed by atoms with van der Waals surface area (Å²) in [7, 11) is 0. The fourth-order valence-electron chi connectivity index (χ4n) is 6.61. The maximum atomic E-state index is 14.6. The lowest BCUT2D eigenvalue weighted by Gasteiger charge is -2.43. The van der Waals surface area contributed by atoms with Gasteiger partial charge in [-0.15, -0.1) is 24.9 Å². The number of carbonyl (C=O) groups excluding carboxylic acids is 3. The molecule has 7 atom stereocenters. The number of unbranched alkanes of at least 4 members (excludes halogenated alkanes) is 2. The van der Waals surface area contributed by atoms with Crippen molar-refractivity contribution in [1.29, 1.82) is 0 Å². The van der Waals surface area contributed by atoms with Gasteiger partial charge in [0.2, 0.25) is 11.8 Å². The lowest BCUT2D eigenvalue weighted by molar-refractivity contribution is -0.154. The molecule has 0 saturated carbocycles. The molecule has 0 aliphatic carbocycles. The van der Waals surface area contributed by atoms with E-state index in [2.05, 4.69) is 29.1 Å². The van der Waals surface area contributed by atoms with Gasteiger partial charge in [0, 0.05) is 22.2 Å². The van der Waals surface area contributed by atoms with Crippen LogP contribution in [0.2, 0.25) is 0 Å². The van der Waals surface area contributed by atoms with Crippen LogP contribution in [0, 0.1) is 11.8 Å². The van der Waals surface area contributed by atoms with Gasteiger partial charge in [-0.2, -0.15) is 0 Å². The highest BCUT2D eigenvalue weighted by Gasteiger charge is 2.77. The maximum Gasteiger partial charge on any atom is 0.310 e. The van der Waals surface area contributed by atoms with Crippen LogP contribution >= 0.6 is 27.7 Å². The number of hydrogen-bond acceptors (Lipinski definition) is 6. The highest BCUT2D eigenvalue weighted by molar-refractivity contribution is 9.09. The molecule has 40 heavy (non-hydrogen) atoms. The average molecular weight is 634 g/mol. The first kappa shape index (κ1) is 30.8. The van der Waals surface area contributed by atoms with Crippen LogP contribution in [0.25, 0.3) is 0 Å². The van der Waals surface area contributed by atoms with Crippen molar-refractivity contribution in [2.45, 2.75) is 78.9 Å². The Morgan fingerprint density at radius 1 is 1.25 bits per heavy atom. The molecule has 1 aromatic rings. The summed E-state index contributed by atoms with van der Waals surface area (Å²) in [5.74, 6) is -2.23. The van der Waals surface area contributed by atoms with E-state index in [0.717, 1.165) is 24.8 Å². The molecule has 7 nitrogen and oxygen atoms in total. The minimum atomic E-state index is -0.859. The van der Waals surface area contributed by atoms with Crippen LogP contribution in [0.1, 0.15) is 58.1 Å². The van der Waals surface area contributed by atoms with Gasteiger partial charge in [-0.05, 0) is 52.0 Å². The zero-order chi connectivity index (χ0) is 29.2. The Bertz CT molecular complexity index is 1120. The number of halogens is 1. The molecule has 3 unspecified atom stereocenters. The van der Waals surface area contributed by atoms with E-state index in [9.17, 15) is 19.5 Å². The second kappa shape index (κ2) is 12.4. The number of fused-ring (bicyclic) bond motifs is 1. The quantitative estimate of drug-likeness (QED) is 0.153. The number of thioether (sulfide) groups is 1. The van der Waals surface area contributed by atoms with Crippen molar-refractivity contribution >= 4 is 45.5 Å². The molecular weight excluding hydrogens is 592 g/mol. The van der Waals surface area contributed by atoms with E-state index in [1.54, 1.807) is 27.6 Å². The number of aliphatic hydroxyl groups is 1. The van der Waals surface area contributed by atoms with E-state index in [-0.39, 0.29) is 41.1 Å². The van der Waals surface area contributed by atoms with Crippen LogP contribution in [0.5, 0.6) is 0 Å². The largest absolute Gasteiger partial charge is 0.465 e. The molecule has 3 fully saturated rings. The summed E-state index contributed by atoms with van der Waals surface area (Å²) >= 11 is 5.38. The lowest BCUT2D eigenvalue weighted by Crippen LogP contribution is -2.59. The molecule has 4 rings (SSSR count). The number of allylic oxidation sites excluding steroid dienone is 1. The van der Waals surface area contributed by atoms with Gasteiger partial charge in [0.25, 0.3) is 0 Å². The normalized spacial score (nSPS) is 29.7. The molecule has 0 radical (unpaired) electrons. The summed E-state index contributed by atoms with van der Waals surface area (Å²) in [5, 5.41) is 10.5. The molecule has 218 valence electrons. The molecule has 2 amide bonds. The first-order chi connectivity index (χ1) is 19.0. The van der Waals surface area contributed by atoms with Crippen molar-refractivity contribution in [3.63, 3.8) is 0 Å². The molecule has 3 heterocycles. The predicted octanol–water partition coefficient (Wildman–Crippen LogP) is 4.90. The zero-order valence-corrected chi connectivity index (χ0v) is 26.0. The highest BCUT2D eigenvalue weighted by atomic mass is 79.9. The summed E-state index contributed by atoms with van der Waals surface area (Å²) in [6, 6.07) is 7.72. The number of likely N-dealkylation sites (tertiary alicyclic amines) is 1. The molecule has 9 heteroatoms. The Labute approximate surface area is 250 Å². The molecule has 3 aliphatic rings. The topological polar surface area (TPSA) is 87.1 Å².